The third-order valence-electron chi connectivity index (χ3n) is 4.30. The summed E-state index contributed by atoms with van der Waals surface area (Å²) < 4.78 is 10.6. The van der Waals surface area contributed by atoms with Gasteiger partial charge in [0.2, 0.25) is 0 Å². The summed E-state index contributed by atoms with van der Waals surface area (Å²) in [5.74, 6) is -1.94. The van der Waals surface area contributed by atoms with Crippen molar-refractivity contribution in [3.63, 3.8) is 0 Å². The monoisotopic (exact) mass is 466 g/mol. The zero-order valence-corrected chi connectivity index (χ0v) is 17.5. The molecule has 0 aliphatic carbocycles. The van der Waals surface area contributed by atoms with E-state index in [0.29, 0.717) is 10.2 Å². The summed E-state index contributed by atoms with van der Waals surface area (Å²) in [5, 5.41) is 16.1. The molecule has 4 rings (SSSR count). The highest BCUT2D eigenvalue weighted by atomic mass is 32.1. The van der Waals surface area contributed by atoms with Gasteiger partial charge in [0.1, 0.15) is 0 Å². The van der Waals surface area contributed by atoms with Crippen molar-refractivity contribution in [3.8, 4) is 0 Å². The second kappa shape index (κ2) is 9.28. The molecule has 0 bridgehead atoms. The Balaban J connectivity index is 1.38. The molecule has 0 saturated heterocycles. The molecule has 12 heteroatoms. The topological polar surface area (TPSA) is 154 Å². The Morgan fingerprint density at radius 1 is 1.09 bits per heavy atom. The number of para-hydroxylation sites is 1. The van der Waals surface area contributed by atoms with Gasteiger partial charge in [-0.1, -0.05) is 23.5 Å². The molecular weight excluding hydrogens is 452 g/mol. The van der Waals surface area contributed by atoms with Gasteiger partial charge in [0.15, 0.2) is 17.5 Å². The third-order valence-corrected chi connectivity index (χ3v) is 5.24. The molecule has 33 heavy (non-hydrogen) atoms. The number of carbonyl (C=O) groups excluding carboxylic acids is 3. The highest BCUT2D eigenvalue weighted by Gasteiger charge is 2.18. The summed E-state index contributed by atoms with van der Waals surface area (Å²) in [6, 6.07) is 13.3. The SMILES string of the molecule is O=C(COC(=O)c1ccccc1NC(=O)c1ccco1)Nc1nc2ccc([N+](=O)[O-])cc2s1. The molecule has 0 aliphatic rings. The third kappa shape index (κ3) is 5.02. The number of nitrogens with zero attached hydrogens (tertiary/aromatic N) is 2. The normalized spacial score (nSPS) is 10.5. The molecule has 0 unspecified atom stereocenters. The summed E-state index contributed by atoms with van der Waals surface area (Å²) in [5.41, 5.74) is 0.643. The summed E-state index contributed by atoms with van der Waals surface area (Å²) >= 11 is 1.05. The van der Waals surface area contributed by atoms with Crippen molar-refractivity contribution in [3.05, 3.63) is 82.3 Å². The lowest BCUT2D eigenvalue weighted by atomic mass is 10.1. The number of anilines is 2. The predicted molar refractivity (Wildman–Crippen MR) is 118 cm³/mol. The van der Waals surface area contributed by atoms with Crippen LogP contribution >= 0.6 is 11.3 Å². The van der Waals surface area contributed by atoms with E-state index in [1.807, 2.05) is 0 Å². The molecule has 2 heterocycles. The van der Waals surface area contributed by atoms with E-state index in [1.165, 1.54) is 42.7 Å². The number of benzene rings is 2. The number of non-ortho nitro benzene ring substituents is 1. The van der Waals surface area contributed by atoms with Crippen LogP contribution in [0.15, 0.2) is 65.3 Å². The van der Waals surface area contributed by atoms with Gasteiger partial charge in [0.05, 0.1) is 32.7 Å². The Labute approximate surface area is 189 Å². The average Bonchev–Trinajstić information content (AvgIpc) is 3.47. The van der Waals surface area contributed by atoms with Crippen molar-refractivity contribution < 1.29 is 28.5 Å². The Morgan fingerprint density at radius 3 is 2.67 bits per heavy atom. The maximum Gasteiger partial charge on any atom is 0.340 e. The number of nitrogens with one attached hydrogen (secondary N) is 2. The second-order valence-electron chi connectivity index (χ2n) is 6.53. The Kier molecular flexibility index (Phi) is 6.09. The van der Waals surface area contributed by atoms with Crippen LogP contribution in [0.4, 0.5) is 16.5 Å². The fourth-order valence-electron chi connectivity index (χ4n) is 2.81. The van der Waals surface area contributed by atoms with Gasteiger partial charge in [0, 0.05) is 12.1 Å². The van der Waals surface area contributed by atoms with E-state index in [2.05, 4.69) is 15.6 Å². The Bertz CT molecular complexity index is 1360. The minimum atomic E-state index is -0.819. The first-order valence-electron chi connectivity index (χ1n) is 9.36. The van der Waals surface area contributed by atoms with Crippen molar-refractivity contribution in [2.24, 2.45) is 0 Å². The quantitative estimate of drug-likeness (QED) is 0.237. The molecule has 2 N–H and O–H groups in total. The van der Waals surface area contributed by atoms with Crippen LogP contribution in [0.1, 0.15) is 20.9 Å². The number of amides is 2. The van der Waals surface area contributed by atoms with E-state index in [9.17, 15) is 24.5 Å². The molecule has 0 aliphatic heterocycles. The molecule has 11 nitrogen and oxygen atoms in total. The van der Waals surface area contributed by atoms with E-state index in [-0.39, 0.29) is 27.8 Å². The van der Waals surface area contributed by atoms with Gasteiger partial charge in [-0.3, -0.25) is 25.0 Å². The van der Waals surface area contributed by atoms with Crippen LogP contribution in [-0.4, -0.2) is 34.3 Å². The number of carbonyl (C=O) groups is 3. The maximum absolute atomic E-state index is 12.5. The lowest BCUT2D eigenvalue weighted by Gasteiger charge is -2.10. The fraction of sp³-hybridized carbons (Fsp3) is 0.0476. The second-order valence-corrected chi connectivity index (χ2v) is 7.56. The minimum absolute atomic E-state index is 0.0532. The molecule has 0 fully saturated rings. The average molecular weight is 466 g/mol. The van der Waals surface area contributed by atoms with Gasteiger partial charge < -0.3 is 14.5 Å². The van der Waals surface area contributed by atoms with Gasteiger partial charge in [-0.2, -0.15) is 0 Å². The molecule has 4 aromatic rings. The van der Waals surface area contributed by atoms with Crippen LogP contribution in [0, 0.1) is 10.1 Å². The number of nitro groups is 1. The largest absolute Gasteiger partial charge is 0.459 e. The van der Waals surface area contributed by atoms with Crippen molar-refractivity contribution in [2.45, 2.75) is 0 Å². The molecule has 2 aromatic heterocycles. The number of aromatic nitrogens is 1. The zero-order valence-electron chi connectivity index (χ0n) is 16.6. The van der Waals surface area contributed by atoms with Crippen LogP contribution in [0.25, 0.3) is 10.2 Å². The van der Waals surface area contributed by atoms with Gasteiger partial charge >= 0.3 is 5.97 Å². The summed E-state index contributed by atoms with van der Waals surface area (Å²) in [4.78, 5) is 51.4. The molecule has 0 atom stereocenters. The first-order valence-corrected chi connectivity index (χ1v) is 10.2. The number of furan rings is 1. The van der Waals surface area contributed by atoms with Crippen LogP contribution in [0.3, 0.4) is 0 Å². The number of thiazole rings is 1. The van der Waals surface area contributed by atoms with E-state index >= 15 is 0 Å². The molecular formula is C21H14N4O7S. The Hall–Kier alpha value is -4.58. The standard InChI is InChI=1S/C21H14N4O7S/c26-18(24-21-23-15-8-7-12(25(29)30)10-17(15)33-21)11-32-20(28)13-4-1-2-5-14(13)22-19(27)16-6-3-9-31-16/h1-10H,11H2,(H,22,27)(H,23,24,26). The van der Waals surface area contributed by atoms with Crippen molar-refractivity contribution in [1.29, 1.82) is 0 Å². The molecule has 166 valence electrons. The molecule has 2 aromatic carbocycles. The summed E-state index contributed by atoms with van der Waals surface area (Å²) in [7, 11) is 0. The summed E-state index contributed by atoms with van der Waals surface area (Å²) in [6.07, 6.45) is 1.35. The maximum atomic E-state index is 12.5. The van der Waals surface area contributed by atoms with Gasteiger partial charge in [-0.25, -0.2) is 9.78 Å². The van der Waals surface area contributed by atoms with Gasteiger partial charge in [0.25, 0.3) is 17.5 Å². The van der Waals surface area contributed by atoms with Crippen LogP contribution < -0.4 is 10.6 Å². The highest BCUT2D eigenvalue weighted by molar-refractivity contribution is 7.22. The van der Waals surface area contributed by atoms with Crippen molar-refractivity contribution in [2.75, 3.05) is 17.2 Å². The van der Waals surface area contributed by atoms with Crippen LogP contribution in [0.5, 0.6) is 0 Å². The number of ether oxygens (including phenoxy) is 1. The number of hydrogen-bond donors (Lipinski definition) is 2. The summed E-state index contributed by atoms with van der Waals surface area (Å²) in [6.45, 7) is -0.602. The first kappa shape index (κ1) is 21.6. The Morgan fingerprint density at radius 2 is 1.91 bits per heavy atom. The number of rotatable bonds is 7. The van der Waals surface area contributed by atoms with Gasteiger partial charge in [-0.05, 0) is 30.3 Å². The number of nitro benzene ring substituents is 1. The van der Waals surface area contributed by atoms with E-state index in [0.717, 1.165) is 11.3 Å². The highest BCUT2D eigenvalue weighted by Crippen LogP contribution is 2.29. The number of fused-ring (bicyclic) bond motifs is 1. The van der Waals surface area contributed by atoms with Gasteiger partial charge in [-0.15, -0.1) is 0 Å². The van der Waals surface area contributed by atoms with E-state index in [1.54, 1.807) is 18.2 Å². The fourth-order valence-corrected chi connectivity index (χ4v) is 3.72. The molecule has 0 saturated carbocycles. The number of esters is 1. The molecule has 2 amide bonds. The lowest BCUT2D eigenvalue weighted by molar-refractivity contribution is -0.384. The molecule has 0 spiro atoms. The van der Waals surface area contributed by atoms with E-state index < -0.39 is 29.3 Å². The lowest BCUT2D eigenvalue weighted by Crippen LogP contribution is -2.22. The van der Waals surface area contributed by atoms with Crippen LogP contribution in [0.2, 0.25) is 0 Å². The van der Waals surface area contributed by atoms with E-state index in [4.69, 9.17) is 9.15 Å². The smallest absolute Gasteiger partial charge is 0.340 e. The van der Waals surface area contributed by atoms with Crippen LogP contribution in [-0.2, 0) is 9.53 Å². The van der Waals surface area contributed by atoms with Crippen molar-refractivity contribution >= 4 is 55.8 Å². The zero-order chi connectivity index (χ0) is 23.4. The molecule has 0 radical (unpaired) electrons. The van der Waals surface area contributed by atoms with Crippen molar-refractivity contribution in [1.82, 2.24) is 4.98 Å². The minimum Gasteiger partial charge on any atom is -0.459 e. The number of hydrogen-bond acceptors (Lipinski definition) is 9. The predicted octanol–water partition coefficient (Wildman–Crippen LogP) is 3.85. The first-order chi connectivity index (χ1) is 15.9.